The van der Waals surface area contributed by atoms with Gasteiger partial charge in [0.15, 0.2) is 0 Å². The zero-order chi connectivity index (χ0) is 13.0. The molecule has 1 nitrogen and oxygen atoms in total. The van der Waals surface area contributed by atoms with Crippen LogP contribution in [0.3, 0.4) is 0 Å². The molecule has 1 atom stereocenters. The van der Waals surface area contributed by atoms with Crippen molar-refractivity contribution in [2.24, 2.45) is 0 Å². The summed E-state index contributed by atoms with van der Waals surface area (Å²) in [6.07, 6.45) is 0.984. The smallest absolute Gasteiger partial charge is 0.0701 e. The summed E-state index contributed by atoms with van der Waals surface area (Å²) in [6, 6.07) is 12.7. The molecule has 1 aromatic carbocycles. The Morgan fingerprint density at radius 3 is 2.50 bits per heavy atom. The van der Waals surface area contributed by atoms with Crippen LogP contribution in [0.4, 0.5) is 0 Å². The standard InChI is InChI=1S/C14H15BrClNS/c1-2-17-12(13-7-8-14(15)18-13)9-10-3-5-11(16)6-4-10/h3-8,12,17H,2,9H2,1H3. The first kappa shape index (κ1) is 14.1. The number of nitrogens with one attached hydrogen (secondary N) is 1. The number of benzene rings is 1. The Kier molecular flexibility index (Phi) is 5.25. The summed E-state index contributed by atoms with van der Waals surface area (Å²) in [6.45, 7) is 3.10. The number of hydrogen-bond acceptors (Lipinski definition) is 2. The van der Waals surface area contributed by atoms with Crippen molar-refractivity contribution in [3.8, 4) is 0 Å². The van der Waals surface area contributed by atoms with Gasteiger partial charge in [-0.15, -0.1) is 11.3 Å². The highest BCUT2D eigenvalue weighted by atomic mass is 79.9. The first-order valence-electron chi connectivity index (χ1n) is 5.92. The normalized spacial score (nSPS) is 12.6. The van der Waals surface area contributed by atoms with Gasteiger partial charge in [-0.3, -0.25) is 0 Å². The van der Waals surface area contributed by atoms with Gasteiger partial charge in [0.2, 0.25) is 0 Å². The highest BCUT2D eigenvalue weighted by Crippen LogP contribution is 2.29. The maximum atomic E-state index is 5.91. The lowest BCUT2D eigenvalue weighted by atomic mass is 10.0. The molecule has 0 saturated heterocycles. The van der Waals surface area contributed by atoms with Crippen molar-refractivity contribution in [1.82, 2.24) is 5.32 Å². The Labute approximate surface area is 125 Å². The molecule has 96 valence electrons. The third-order valence-corrected chi connectivity index (χ3v) is 4.73. The minimum absolute atomic E-state index is 0.368. The third kappa shape index (κ3) is 3.82. The van der Waals surface area contributed by atoms with E-state index in [2.05, 4.69) is 52.4 Å². The first-order valence-corrected chi connectivity index (χ1v) is 7.91. The molecule has 0 aliphatic heterocycles. The van der Waals surface area contributed by atoms with Gasteiger partial charge in [0, 0.05) is 15.9 Å². The molecule has 0 aliphatic rings. The van der Waals surface area contributed by atoms with Crippen LogP contribution in [0.1, 0.15) is 23.4 Å². The van der Waals surface area contributed by atoms with Crippen molar-refractivity contribution >= 4 is 38.9 Å². The summed E-state index contributed by atoms with van der Waals surface area (Å²) in [5, 5.41) is 4.32. The Morgan fingerprint density at radius 1 is 1.22 bits per heavy atom. The molecule has 0 radical (unpaired) electrons. The average molecular weight is 345 g/mol. The number of halogens is 2. The third-order valence-electron chi connectivity index (χ3n) is 2.74. The molecule has 1 aromatic heterocycles. The van der Waals surface area contributed by atoms with E-state index < -0.39 is 0 Å². The van der Waals surface area contributed by atoms with Gasteiger partial charge < -0.3 is 5.32 Å². The largest absolute Gasteiger partial charge is 0.309 e. The van der Waals surface area contributed by atoms with Crippen LogP contribution in [0.25, 0.3) is 0 Å². The average Bonchev–Trinajstić information content (AvgIpc) is 2.78. The van der Waals surface area contributed by atoms with Crippen LogP contribution in [-0.4, -0.2) is 6.54 Å². The van der Waals surface area contributed by atoms with Gasteiger partial charge in [-0.25, -0.2) is 0 Å². The highest BCUT2D eigenvalue weighted by Gasteiger charge is 2.13. The molecular formula is C14H15BrClNS. The van der Waals surface area contributed by atoms with Gasteiger partial charge in [0.05, 0.1) is 3.79 Å². The molecule has 0 fully saturated rings. The number of likely N-dealkylation sites (N-methyl/N-ethyl adjacent to an activating group) is 1. The molecule has 0 bridgehead atoms. The summed E-state index contributed by atoms with van der Waals surface area (Å²) in [5.74, 6) is 0. The van der Waals surface area contributed by atoms with Crippen molar-refractivity contribution in [3.63, 3.8) is 0 Å². The molecule has 0 aliphatic carbocycles. The van der Waals surface area contributed by atoms with Crippen molar-refractivity contribution in [2.45, 2.75) is 19.4 Å². The summed E-state index contributed by atoms with van der Waals surface area (Å²) in [4.78, 5) is 1.36. The molecule has 0 spiro atoms. The summed E-state index contributed by atoms with van der Waals surface area (Å²) in [7, 11) is 0. The number of hydrogen-bond donors (Lipinski definition) is 1. The molecular weight excluding hydrogens is 330 g/mol. The zero-order valence-electron chi connectivity index (χ0n) is 10.1. The van der Waals surface area contributed by atoms with Gasteiger partial charge in [0.1, 0.15) is 0 Å². The molecule has 0 saturated carbocycles. The van der Waals surface area contributed by atoms with Gasteiger partial charge in [-0.05, 0) is 58.7 Å². The van der Waals surface area contributed by atoms with Crippen LogP contribution < -0.4 is 5.32 Å². The van der Waals surface area contributed by atoms with Crippen LogP contribution in [0.2, 0.25) is 5.02 Å². The van der Waals surface area contributed by atoms with Crippen LogP contribution >= 0.6 is 38.9 Å². The Balaban J connectivity index is 2.13. The molecule has 1 unspecified atom stereocenters. The van der Waals surface area contributed by atoms with Crippen LogP contribution in [0.15, 0.2) is 40.2 Å². The second-order valence-electron chi connectivity index (χ2n) is 4.08. The van der Waals surface area contributed by atoms with E-state index in [1.165, 1.54) is 14.2 Å². The molecule has 2 aromatic rings. The predicted molar refractivity (Wildman–Crippen MR) is 83.6 cm³/mol. The van der Waals surface area contributed by atoms with Crippen LogP contribution in [0, 0.1) is 0 Å². The highest BCUT2D eigenvalue weighted by molar-refractivity contribution is 9.11. The van der Waals surface area contributed by atoms with E-state index in [0.717, 1.165) is 18.0 Å². The minimum atomic E-state index is 0.368. The lowest BCUT2D eigenvalue weighted by molar-refractivity contribution is 0.558. The van der Waals surface area contributed by atoms with Crippen LogP contribution in [0.5, 0.6) is 0 Å². The van der Waals surface area contributed by atoms with Crippen LogP contribution in [-0.2, 0) is 6.42 Å². The predicted octanol–water partition coefficient (Wildman–Crippen LogP) is 5.06. The molecule has 2 rings (SSSR count). The monoisotopic (exact) mass is 343 g/mol. The summed E-state index contributed by atoms with van der Waals surface area (Å²) < 4.78 is 1.18. The Morgan fingerprint density at radius 2 is 1.94 bits per heavy atom. The maximum absolute atomic E-state index is 5.91. The molecule has 18 heavy (non-hydrogen) atoms. The fraction of sp³-hybridized carbons (Fsp3) is 0.286. The lowest BCUT2D eigenvalue weighted by Crippen LogP contribution is -2.22. The molecule has 4 heteroatoms. The van der Waals surface area contributed by atoms with E-state index in [9.17, 15) is 0 Å². The fourth-order valence-corrected chi connectivity index (χ4v) is 3.52. The van der Waals surface area contributed by atoms with Crippen molar-refractivity contribution < 1.29 is 0 Å². The van der Waals surface area contributed by atoms with E-state index in [-0.39, 0.29) is 0 Å². The number of rotatable bonds is 5. The van der Waals surface area contributed by atoms with Crippen molar-refractivity contribution in [2.75, 3.05) is 6.54 Å². The summed E-state index contributed by atoms with van der Waals surface area (Å²) >= 11 is 11.2. The van der Waals surface area contributed by atoms with E-state index in [1.54, 1.807) is 11.3 Å². The Hall–Kier alpha value is -0.350. The van der Waals surface area contributed by atoms with E-state index in [1.807, 2.05) is 12.1 Å². The second-order valence-corrected chi connectivity index (χ2v) is 7.01. The quantitative estimate of drug-likeness (QED) is 0.799. The lowest BCUT2D eigenvalue weighted by Gasteiger charge is -2.16. The molecule has 0 amide bonds. The van der Waals surface area contributed by atoms with Gasteiger partial charge in [-0.2, -0.15) is 0 Å². The van der Waals surface area contributed by atoms with Crippen molar-refractivity contribution in [1.29, 1.82) is 0 Å². The minimum Gasteiger partial charge on any atom is -0.309 e. The Bertz CT molecular complexity index is 495. The van der Waals surface area contributed by atoms with Crippen molar-refractivity contribution in [3.05, 3.63) is 55.6 Å². The van der Waals surface area contributed by atoms with E-state index in [4.69, 9.17) is 11.6 Å². The molecule has 1 N–H and O–H groups in total. The molecule has 1 heterocycles. The van der Waals surface area contributed by atoms with E-state index >= 15 is 0 Å². The first-order chi connectivity index (χ1) is 8.69. The van der Waals surface area contributed by atoms with Gasteiger partial charge in [0.25, 0.3) is 0 Å². The summed E-state index contributed by atoms with van der Waals surface area (Å²) in [5.41, 5.74) is 1.30. The maximum Gasteiger partial charge on any atom is 0.0701 e. The zero-order valence-corrected chi connectivity index (χ0v) is 13.3. The second kappa shape index (κ2) is 6.71. The SMILES string of the molecule is CCNC(Cc1ccc(Cl)cc1)c1ccc(Br)s1. The van der Waals surface area contributed by atoms with E-state index in [0.29, 0.717) is 6.04 Å². The number of thiophene rings is 1. The van der Waals surface area contributed by atoms with Gasteiger partial charge in [-0.1, -0.05) is 30.7 Å². The fourth-order valence-electron chi connectivity index (χ4n) is 1.89. The van der Waals surface area contributed by atoms with Gasteiger partial charge >= 0.3 is 0 Å². The topological polar surface area (TPSA) is 12.0 Å².